The minimum absolute atomic E-state index is 0.271. The van der Waals surface area contributed by atoms with Gasteiger partial charge in [-0.05, 0) is 35.8 Å². The number of nitrogens with one attached hydrogen (secondary N) is 1. The molecule has 7 nitrogen and oxygen atoms in total. The first-order chi connectivity index (χ1) is 14.3. The number of para-hydroxylation sites is 1. The second kappa shape index (κ2) is 7.87. The number of aromatic nitrogens is 2. The first-order valence-corrected chi connectivity index (χ1v) is 11.5. The molecule has 3 aromatic rings. The van der Waals surface area contributed by atoms with Crippen LogP contribution in [0.4, 0.5) is 0 Å². The topological polar surface area (TPSA) is 93.4 Å². The zero-order valence-electron chi connectivity index (χ0n) is 16.7. The van der Waals surface area contributed by atoms with E-state index in [9.17, 15) is 13.2 Å². The van der Waals surface area contributed by atoms with Crippen LogP contribution in [0.3, 0.4) is 0 Å². The van der Waals surface area contributed by atoms with E-state index >= 15 is 0 Å². The molecule has 1 atom stereocenters. The van der Waals surface area contributed by atoms with Gasteiger partial charge in [0.2, 0.25) is 0 Å². The number of benzene rings is 2. The molecule has 0 saturated heterocycles. The van der Waals surface area contributed by atoms with Gasteiger partial charge in [0, 0.05) is 18.2 Å². The smallest absolute Gasteiger partial charge is 0.277 e. The van der Waals surface area contributed by atoms with Crippen LogP contribution in [-0.2, 0) is 16.4 Å². The highest BCUT2D eigenvalue weighted by atomic mass is 32.2. The second-order valence-electron chi connectivity index (χ2n) is 7.46. The molecule has 0 aliphatic carbocycles. The lowest BCUT2D eigenvalue weighted by Crippen LogP contribution is -2.31. The van der Waals surface area contributed by atoms with Crippen molar-refractivity contribution < 1.29 is 13.2 Å². The van der Waals surface area contributed by atoms with Gasteiger partial charge in [0.25, 0.3) is 5.91 Å². The van der Waals surface area contributed by atoms with Gasteiger partial charge in [0.15, 0.2) is 15.5 Å². The van der Waals surface area contributed by atoms with Gasteiger partial charge in [-0.15, -0.1) is 0 Å². The van der Waals surface area contributed by atoms with E-state index in [0.29, 0.717) is 30.5 Å². The zero-order chi connectivity index (χ0) is 21.3. The quantitative estimate of drug-likeness (QED) is 0.700. The number of hydrogen-bond donors (Lipinski definition) is 1. The van der Waals surface area contributed by atoms with E-state index in [2.05, 4.69) is 22.3 Å². The number of sulfone groups is 1. The largest absolute Gasteiger partial charge is 0.305 e. The Balaban J connectivity index is 1.62. The molecule has 1 unspecified atom stereocenters. The van der Waals surface area contributed by atoms with Crippen molar-refractivity contribution in [3.8, 4) is 0 Å². The van der Waals surface area contributed by atoms with Crippen LogP contribution >= 0.6 is 0 Å². The van der Waals surface area contributed by atoms with Crippen LogP contribution in [0.5, 0.6) is 0 Å². The van der Waals surface area contributed by atoms with E-state index in [4.69, 9.17) is 0 Å². The third-order valence-corrected chi connectivity index (χ3v) is 6.06. The van der Waals surface area contributed by atoms with Crippen molar-refractivity contribution in [2.75, 3.05) is 12.8 Å². The van der Waals surface area contributed by atoms with E-state index in [-0.39, 0.29) is 10.8 Å². The Kier molecular flexibility index (Phi) is 5.26. The van der Waals surface area contributed by atoms with Crippen molar-refractivity contribution in [3.63, 3.8) is 0 Å². The Bertz CT molecular complexity index is 1270. The van der Waals surface area contributed by atoms with Crippen molar-refractivity contribution in [1.29, 1.82) is 0 Å². The van der Waals surface area contributed by atoms with Crippen molar-refractivity contribution in [3.05, 3.63) is 71.9 Å². The highest BCUT2D eigenvalue weighted by molar-refractivity contribution is 7.90. The highest BCUT2D eigenvalue weighted by Gasteiger charge is 2.19. The van der Waals surface area contributed by atoms with Gasteiger partial charge < -0.3 is 5.32 Å². The predicted molar refractivity (Wildman–Crippen MR) is 116 cm³/mol. The number of amides is 1. The molecule has 1 N–H and O–H groups in total. The van der Waals surface area contributed by atoms with E-state index in [0.717, 1.165) is 16.5 Å². The number of nitrogens with zero attached hydrogens (tertiary/aromatic N) is 3. The lowest BCUT2D eigenvalue weighted by Gasteiger charge is -2.11. The van der Waals surface area contributed by atoms with Crippen LogP contribution in [0.15, 0.2) is 70.6 Å². The van der Waals surface area contributed by atoms with Gasteiger partial charge in [-0.1, -0.05) is 43.3 Å². The number of rotatable bonds is 4. The molecule has 0 fully saturated rings. The summed E-state index contributed by atoms with van der Waals surface area (Å²) >= 11 is 0. The van der Waals surface area contributed by atoms with Crippen LogP contribution in [0.1, 0.15) is 23.0 Å². The maximum Gasteiger partial charge on any atom is 0.277 e. The molecule has 30 heavy (non-hydrogen) atoms. The molecule has 8 heteroatoms. The lowest BCUT2D eigenvalue weighted by atomic mass is 10.1. The molecule has 1 amide bonds. The molecule has 0 bridgehead atoms. The fraction of sp³-hybridized carbons (Fsp3) is 0.227. The molecular weight excluding hydrogens is 400 g/mol. The van der Waals surface area contributed by atoms with Crippen LogP contribution in [-0.4, -0.2) is 42.7 Å². The first kappa shape index (κ1) is 20.0. The fourth-order valence-electron chi connectivity index (χ4n) is 3.30. The summed E-state index contributed by atoms with van der Waals surface area (Å²) in [4.78, 5) is 17.5. The Morgan fingerprint density at radius 2 is 1.90 bits per heavy atom. The van der Waals surface area contributed by atoms with Crippen LogP contribution in [0.2, 0.25) is 0 Å². The number of amidine groups is 1. The molecule has 1 aromatic heterocycles. The van der Waals surface area contributed by atoms with Gasteiger partial charge in [0.1, 0.15) is 5.84 Å². The summed E-state index contributed by atoms with van der Waals surface area (Å²) in [6, 6.07) is 14.2. The third kappa shape index (κ3) is 4.18. The SMILES string of the molecule is CC1C=CC(NC(=O)c2nn(Cc3ccc(S(C)(=O)=O)cc3)c3ccccc23)=NC1. The molecule has 154 valence electrons. The maximum atomic E-state index is 12.9. The Morgan fingerprint density at radius 1 is 1.17 bits per heavy atom. The van der Waals surface area contributed by atoms with Crippen LogP contribution in [0, 0.1) is 5.92 Å². The van der Waals surface area contributed by atoms with Gasteiger partial charge >= 0.3 is 0 Å². The molecule has 1 aliphatic heterocycles. The molecule has 0 saturated carbocycles. The predicted octanol–water partition coefficient (Wildman–Crippen LogP) is 2.82. The monoisotopic (exact) mass is 422 g/mol. The molecular formula is C22H22N4O3S. The van der Waals surface area contributed by atoms with Crippen molar-refractivity contribution in [2.45, 2.75) is 18.4 Å². The summed E-state index contributed by atoms with van der Waals surface area (Å²) in [6.07, 6.45) is 5.01. The Morgan fingerprint density at radius 3 is 2.57 bits per heavy atom. The lowest BCUT2D eigenvalue weighted by molar-refractivity contribution is 0.0973. The van der Waals surface area contributed by atoms with Crippen molar-refractivity contribution in [1.82, 2.24) is 15.1 Å². The van der Waals surface area contributed by atoms with E-state index in [1.54, 1.807) is 28.9 Å². The molecule has 4 rings (SSSR count). The van der Waals surface area contributed by atoms with E-state index in [1.165, 1.54) is 6.26 Å². The standard InChI is InChI=1S/C22H22N4O3S/c1-15-7-12-20(23-13-15)24-22(27)21-18-5-3-4-6-19(18)26(25-21)14-16-8-10-17(11-9-16)30(2,28)29/h3-12,15H,13-14H2,1-2H3,(H,23,24,27). The summed E-state index contributed by atoms with van der Waals surface area (Å²) in [5.41, 5.74) is 2.04. The van der Waals surface area contributed by atoms with Gasteiger partial charge in [-0.3, -0.25) is 14.5 Å². The molecule has 0 radical (unpaired) electrons. The molecule has 2 heterocycles. The van der Waals surface area contributed by atoms with Crippen LogP contribution < -0.4 is 5.32 Å². The number of dihydropyridines is 1. The van der Waals surface area contributed by atoms with Gasteiger partial charge in [0.05, 0.1) is 17.0 Å². The summed E-state index contributed by atoms with van der Waals surface area (Å²) < 4.78 is 25.1. The average Bonchev–Trinajstić information content (AvgIpc) is 3.08. The Hall–Kier alpha value is -3.26. The second-order valence-corrected chi connectivity index (χ2v) is 9.47. The normalized spacial score (nSPS) is 16.5. The number of hydrogen-bond acceptors (Lipinski definition) is 5. The van der Waals surface area contributed by atoms with Gasteiger partial charge in [-0.2, -0.15) is 5.10 Å². The summed E-state index contributed by atoms with van der Waals surface area (Å²) in [6.45, 7) is 3.12. The number of aliphatic imine (C=N–C) groups is 1. The first-order valence-electron chi connectivity index (χ1n) is 9.60. The summed E-state index contributed by atoms with van der Waals surface area (Å²) in [5.74, 6) is 0.586. The molecule has 1 aliphatic rings. The van der Waals surface area contributed by atoms with Gasteiger partial charge in [-0.25, -0.2) is 8.42 Å². The maximum absolute atomic E-state index is 12.9. The summed E-state index contributed by atoms with van der Waals surface area (Å²) in [7, 11) is -3.24. The van der Waals surface area contributed by atoms with Crippen molar-refractivity contribution >= 4 is 32.5 Å². The summed E-state index contributed by atoms with van der Waals surface area (Å²) in [5, 5.41) is 8.12. The fourth-order valence-corrected chi connectivity index (χ4v) is 3.93. The number of carbonyl (C=O) groups excluding carboxylic acids is 1. The van der Waals surface area contributed by atoms with E-state index in [1.807, 2.05) is 36.4 Å². The van der Waals surface area contributed by atoms with E-state index < -0.39 is 9.84 Å². The van der Waals surface area contributed by atoms with Crippen molar-refractivity contribution in [2.24, 2.45) is 10.9 Å². The Labute approximate surface area is 175 Å². The highest BCUT2D eigenvalue weighted by Crippen LogP contribution is 2.20. The number of carbonyl (C=O) groups is 1. The molecule has 0 spiro atoms. The average molecular weight is 423 g/mol. The van der Waals surface area contributed by atoms with Crippen LogP contribution in [0.25, 0.3) is 10.9 Å². The molecule has 2 aromatic carbocycles. The third-order valence-electron chi connectivity index (χ3n) is 4.93. The minimum atomic E-state index is -3.24. The minimum Gasteiger partial charge on any atom is -0.305 e. The zero-order valence-corrected chi connectivity index (χ0v) is 17.6. The number of fused-ring (bicyclic) bond motifs is 1.